The van der Waals surface area contributed by atoms with Crippen molar-refractivity contribution in [2.45, 2.75) is 0 Å². The van der Waals surface area contributed by atoms with Crippen molar-refractivity contribution < 1.29 is 4.74 Å². The average Bonchev–Trinajstić information content (AvgIpc) is 2.05. The zero-order valence-electron chi connectivity index (χ0n) is 5.99. The molecule has 0 amide bonds. The van der Waals surface area contributed by atoms with Gasteiger partial charge in [-0.3, -0.25) is 0 Å². The van der Waals surface area contributed by atoms with Crippen molar-refractivity contribution in [1.82, 2.24) is 0 Å². The molecule has 11 heavy (non-hydrogen) atoms. The topological polar surface area (TPSA) is 9.23 Å². The summed E-state index contributed by atoms with van der Waals surface area (Å²) in [4.78, 5) is 0. The summed E-state index contributed by atoms with van der Waals surface area (Å²) in [6.07, 6.45) is 4.10. The quantitative estimate of drug-likeness (QED) is 0.645. The summed E-state index contributed by atoms with van der Waals surface area (Å²) < 4.78 is 5.34. The number of hydrogen-bond acceptors (Lipinski definition) is 1. The predicted molar refractivity (Wildman–Crippen MR) is 46.7 cm³/mol. The first-order valence-corrected chi connectivity index (χ1v) is 3.35. The van der Waals surface area contributed by atoms with Gasteiger partial charge in [-0.05, 0) is 12.1 Å². The van der Waals surface area contributed by atoms with E-state index in [2.05, 4.69) is 6.08 Å². The molecule has 0 fully saturated rings. The summed E-state index contributed by atoms with van der Waals surface area (Å²) in [5.41, 5.74) is 1.17. The molecule has 1 heterocycles. The SMILES string of the molecule is C1=Cc2ccccc2OC1.[Te]. The minimum atomic E-state index is 0. The van der Waals surface area contributed by atoms with Crippen molar-refractivity contribution in [3.63, 3.8) is 0 Å². The van der Waals surface area contributed by atoms with E-state index in [1.807, 2.05) is 30.3 Å². The molecule has 0 atom stereocenters. The van der Waals surface area contributed by atoms with E-state index >= 15 is 0 Å². The molecular weight excluding hydrogens is 252 g/mol. The number of ether oxygens (including phenoxy) is 1. The number of benzene rings is 1. The Morgan fingerprint density at radius 2 is 2.00 bits per heavy atom. The maximum Gasteiger partial charge on any atom is 0.126 e. The smallest absolute Gasteiger partial charge is 0.126 e. The van der Waals surface area contributed by atoms with E-state index in [0.29, 0.717) is 6.61 Å². The van der Waals surface area contributed by atoms with Crippen LogP contribution in [0.4, 0.5) is 0 Å². The van der Waals surface area contributed by atoms with Crippen LogP contribution in [0, 0.1) is 0 Å². The Kier molecular flexibility index (Phi) is 2.99. The fraction of sp³-hybridized carbons (Fsp3) is 0.111. The van der Waals surface area contributed by atoms with Gasteiger partial charge in [-0.15, -0.1) is 0 Å². The van der Waals surface area contributed by atoms with Crippen LogP contribution in [0.1, 0.15) is 5.56 Å². The van der Waals surface area contributed by atoms with E-state index in [4.69, 9.17) is 4.74 Å². The van der Waals surface area contributed by atoms with Crippen LogP contribution in [0.2, 0.25) is 0 Å². The normalized spacial score (nSPS) is 12.7. The predicted octanol–water partition coefficient (Wildman–Crippen LogP) is 1.71. The van der Waals surface area contributed by atoms with Crippen LogP contribution in [0.15, 0.2) is 30.3 Å². The van der Waals surface area contributed by atoms with Crippen LogP contribution in [-0.4, -0.2) is 30.3 Å². The Morgan fingerprint density at radius 1 is 1.18 bits per heavy atom. The van der Waals surface area contributed by atoms with Crippen LogP contribution in [0.5, 0.6) is 5.75 Å². The Morgan fingerprint density at radius 3 is 2.82 bits per heavy atom. The molecule has 2 rings (SSSR count). The van der Waals surface area contributed by atoms with Gasteiger partial charge < -0.3 is 4.74 Å². The van der Waals surface area contributed by atoms with E-state index in [1.54, 1.807) is 0 Å². The minimum Gasteiger partial charge on any atom is -0.489 e. The molecule has 0 spiro atoms. The first kappa shape index (κ1) is 8.64. The van der Waals surface area contributed by atoms with Gasteiger partial charge in [0.1, 0.15) is 12.4 Å². The van der Waals surface area contributed by atoms with Gasteiger partial charge >= 0.3 is 0 Å². The monoisotopic (exact) mass is 262 g/mol. The van der Waals surface area contributed by atoms with Gasteiger partial charge in [0, 0.05) is 29.2 Å². The Labute approximate surface area is 82.8 Å². The Hall–Kier alpha value is -0.450. The molecule has 0 unspecified atom stereocenters. The van der Waals surface area contributed by atoms with Gasteiger partial charge in [0.25, 0.3) is 0 Å². The molecule has 1 aromatic rings. The molecule has 1 aromatic carbocycles. The number of para-hydroxylation sites is 1. The summed E-state index contributed by atoms with van der Waals surface area (Å²) in [6, 6.07) is 8.03. The van der Waals surface area contributed by atoms with Crippen molar-refractivity contribution in [3.8, 4) is 5.75 Å². The van der Waals surface area contributed by atoms with Crippen molar-refractivity contribution in [2.24, 2.45) is 0 Å². The van der Waals surface area contributed by atoms with Crippen LogP contribution >= 0.6 is 0 Å². The number of fused-ring (bicyclic) bond motifs is 1. The number of rotatable bonds is 0. The van der Waals surface area contributed by atoms with Crippen LogP contribution in [-0.2, 0) is 0 Å². The summed E-state index contributed by atoms with van der Waals surface area (Å²) >= 11 is 0. The van der Waals surface area contributed by atoms with Gasteiger partial charge in [-0.2, -0.15) is 0 Å². The molecule has 0 aromatic heterocycles. The van der Waals surface area contributed by atoms with Gasteiger partial charge in [0.05, 0.1) is 0 Å². The molecule has 2 radical (unpaired) electrons. The van der Waals surface area contributed by atoms with E-state index in [0.717, 1.165) is 5.75 Å². The van der Waals surface area contributed by atoms with Gasteiger partial charge in [0.15, 0.2) is 0 Å². The second-order valence-electron chi connectivity index (χ2n) is 2.25. The van der Waals surface area contributed by atoms with Crippen LogP contribution < -0.4 is 4.74 Å². The van der Waals surface area contributed by atoms with E-state index < -0.39 is 0 Å². The largest absolute Gasteiger partial charge is 0.489 e. The minimum absolute atomic E-state index is 0. The van der Waals surface area contributed by atoms with E-state index in [-0.39, 0.29) is 23.7 Å². The van der Waals surface area contributed by atoms with Crippen molar-refractivity contribution in [3.05, 3.63) is 35.9 Å². The second kappa shape index (κ2) is 3.80. The summed E-state index contributed by atoms with van der Waals surface area (Å²) in [5.74, 6) is 0.991. The first-order valence-electron chi connectivity index (χ1n) is 3.35. The third kappa shape index (κ3) is 1.77. The van der Waals surface area contributed by atoms with Gasteiger partial charge in [0.2, 0.25) is 0 Å². The van der Waals surface area contributed by atoms with Gasteiger partial charge in [-0.1, -0.05) is 24.3 Å². The molecule has 1 nitrogen and oxygen atoms in total. The van der Waals surface area contributed by atoms with Crippen LogP contribution in [0.25, 0.3) is 6.08 Å². The fourth-order valence-corrected chi connectivity index (χ4v) is 1.06. The molecular formula is C9H8OTe. The third-order valence-corrected chi connectivity index (χ3v) is 1.55. The van der Waals surface area contributed by atoms with E-state index in [1.165, 1.54) is 5.56 Å². The van der Waals surface area contributed by atoms with Crippen LogP contribution in [0.3, 0.4) is 0 Å². The number of hydrogen-bond donors (Lipinski definition) is 0. The first-order chi connectivity index (χ1) is 4.97. The average molecular weight is 260 g/mol. The summed E-state index contributed by atoms with van der Waals surface area (Å²) in [5, 5.41) is 0. The molecule has 1 aliphatic rings. The van der Waals surface area contributed by atoms with Gasteiger partial charge in [-0.25, -0.2) is 0 Å². The molecule has 1 aliphatic heterocycles. The van der Waals surface area contributed by atoms with Crippen molar-refractivity contribution >= 4 is 29.7 Å². The molecule has 0 bridgehead atoms. The molecule has 56 valence electrons. The van der Waals surface area contributed by atoms with Crippen molar-refractivity contribution in [1.29, 1.82) is 0 Å². The second-order valence-corrected chi connectivity index (χ2v) is 2.25. The maximum atomic E-state index is 5.34. The summed E-state index contributed by atoms with van der Waals surface area (Å²) in [6.45, 7) is 0.705. The van der Waals surface area contributed by atoms with Crippen molar-refractivity contribution in [2.75, 3.05) is 6.61 Å². The zero-order chi connectivity index (χ0) is 6.81. The Balaban J connectivity index is 0.000000605. The standard InChI is InChI=1S/C9H8O.Te/c1-2-6-9-8(4-1)5-3-7-10-9;/h1-6H,7H2;. The molecule has 0 saturated carbocycles. The maximum absolute atomic E-state index is 5.34. The zero-order valence-corrected chi connectivity index (χ0v) is 8.32. The summed E-state index contributed by atoms with van der Waals surface area (Å²) in [7, 11) is 0. The molecule has 0 saturated heterocycles. The molecule has 2 heteroatoms. The fourth-order valence-electron chi connectivity index (χ4n) is 1.06. The van der Waals surface area contributed by atoms with E-state index in [9.17, 15) is 0 Å². The molecule has 0 aliphatic carbocycles. The molecule has 0 N–H and O–H groups in total. The Bertz CT molecular complexity index is 268. The third-order valence-electron chi connectivity index (χ3n) is 1.55.